The largest absolute Gasteiger partial charge is 4.00 e. The summed E-state index contributed by atoms with van der Waals surface area (Å²) < 4.78 is 62.0. The van der Waals surface area contributed by atoms with Crippen molar-refractivity contribution in [1.82, 2.24) is 0 Å². The predicted octanol–water partition coefficient (Wildman–Crippen LogP) is 9.63. The van der Waals surface area contributed by atoms with Gasteiger partial charge in [-0.05, 0) is 77.0 Å². The summed E-state index contributed by atoms with van der Waals surface area (Å²) >= 11 is 0. The molecule has 0 radical (unpaired) electrons. The summed E-state index contributed by atoms with van der Waals surface area (Å²) in [5, 5.41) is 48.2. The van der Waals surface area contributed by atoms with Crippen LogP contribution in [0.15, 0.2) is 0 Å². The minimum Gasteiger partial charge on any atom is -0.782 e. The maximum atomic E-state index is 12.1. The zero-order chi connectivity index (χ0) is 51.9. The fourth-order valence-electron chi connectivity index (χ4n) is 4.60. The molecule has 0 fully saturated rings. The van der Waals surface area contributed by atoms with Crippen LogP contribution in [0.25, 0.3) is 0 Å². The van der Waals surface area contributed by atoms with Gasteiger partial charge in [0.1, 0.15) is 0 Å². The van der Waals surface area contributed by atoms with Gasteiger partial charge >= 0.3 is 26.2 Å². The molecule has 0 bridgehead atoms. The molecule has 0 aromatic rings. The molecular weight excluding hydrogens is 972 g/mol. The maximum Gasteiger partial charge on any atom is 4.00 e. The van der Waals surface area contributed by atoms with E-state index in [0.29, 0.717) is 79.3 Å². The Bertz CT molecular complexity index is 691. The van der Waals surface area contributed by atoms with Gasteiger partial charge < -0.3 is 77.3 Å². The summed E-state index contributed by atoms with van der Waals surface area (Å²) in [6, 6.07) is 0. The van der Waals surface area contributed by atoms with E-state index >= 15 is 0 Å². The number of hydrogen-bond acceptors (Lipinski definition) is 16. The van der Waals surface area contributed by atoms with E-state index in [1.54, 1.807) is 0 Å². The molecule has 0 atom stereocenters. The second kappa shape index (κ2) is 59.1. The van der Waals surface area contributed by atoms with E-state index < -0.39 is 24.6 Å². The topological polar surface area (TPSA) is 203 Å². The minimum atomic E-state index is -2.10. The van der Waals surface area contributed by atoms with Crippen molar-refractivity contribution in [2.24, 2.45) is 0 Å². The molecule has 0 unspecified atom stereocenters. The van der Waals surface area contributed by atoms with Crippen LogP contribution < -0.4 is 20.4 Å². The van der Waals surface area contributed by atoms with Gasteiger partial charge in [0, 0.05) is 0 Å². The number of rotatable bonds is 48. The summed E-state index contributed by atoms with van der Waals surface area (Å²) in [6.07, 6.45) is 13.6. The van der Waals surface area contributed by atoms with Gasteiger partial charge in [0.15, 0.2) is 0 Å². The third-order valence-electron chi connectivity index (χ3n) is 9.32. The van der Waals surface area contributed by atoms with Crippen LogP contribution in [0.5, 0.6) is 0 Å². The molecule has 16 nitrogen and oxygen atoms in total. The molecule has 0 amide bonds. The average molecular weight is 1080 g/mol. The molecule has 416 valence electrons. The monoisotopic (exact) mass is 1080 g/mol. The van der Waals surface area contributed by atoms with Gasteiger partial charge in [0.25, 0.3) is 0 Å². The van der Waals surface area contributed by atoms with Crippen LogP contribution >= 0.6 is 0 Å². The van der Waals surface area contributed by atoms with Crippen molar-refractivity contribution >= 4 is 0 Å². The van der Waals surface area contributed by atoms with Crippen LogP contribution in [-0.4, -0.2) is 104 Å². The molecule has 0 aliphatic carbocycles. The second-order valence-corrected chi connectivity index (χ2v) is 16.4. The summed E-state index contributed by atoms with van der Waals surface area (Å²) in [5.74, 6) is 0. The zero-order valence-electron chi connectivity index (χ0n) is 46.5. The number of hydrogen-bond donors (Lipinski definition) is 0. The van der Waals surface area contributed by atoms with Gasteiger partial charge in [-0.3, -0.25) is 0 Å². The molecule has 0 rings (SSSR count). The van der Waals surface area contributed by atoms with E-state index in [1.165, 1.54) is 0 Å². The van der Waals surface area contributed by atoms with Gasteiger partial charge in [-0.25, -0.2) is 0 Å². The summed E-state index contributed by atoms with van der Waals surface area (Å²) in [7, 11) is 0. The van der Waals surface area contributed by atoms with Gasteiger partial charge in [0.05, 0.1) is 79.3 Å². The molecule has 0 saturated carbocycles. The van der Waals surface area contributed by atoms with Gasteiger partial charge in [-0.1, -0.05) is 160 Å². The Morgan fingerprint density at radius 2 is 0.261 bits per heavy atom. The van der Waals surface area contributed by atoms with Crippen molar-refractivity contribution in [3.05, 3.63) is 0 Å². The first-order valence-electron chi connectivity index (χ1n) is 27.2. The van der Waals surface area contributed by atoms with Crippen LogP contribution in [0, 0.1) is 0 Å². The van der Waals surface area contributed by atoms with Crippen LogP contribution in [0.2, 0.25) is 0 Å². The molecule has 0 heterocycles. The SMILES string of the molecule is CCCCOC([O-])(OCCCC)OCCCC.CCCCOC([O-])(OCCCC)OCCCC.CCCCOC([O-])(OCCCC)OCCCC.CCCCOC([O-])(OCCCC)OCCCC.[Zr+4]. The quantitative estimate of drug-likeness (QED) is 0.0411. The molecule has 0 N–H and O–H groups in total. The Balaban J connectivity index is -0.000000263. The van der Waals surface area contributed by atoms with Crippen LogP contribution in [0.4, 0.5) is 0 Å². The van der Waals surface area contributed by atoms with Gasteiger partial charge in [0.2, 0.25) is 24.6 Å². The fourth-order valence-corrected chi connectivity index (χ4v) is 4.60. The molecule has 17 heteroatoms. The first-order chi connectivity index (χ1) is 32.7. The normalized spacial score (nSPS) is 11.8. The third kappa shape index (κ3) is 57.4. The molecule has 0 saturated heterocycles. The Hall–Kier alpha value is 0.243. The molecule has 0 spiro atoms. The zero-order valence-corrected chi connectivity index (χ0v) is 48.9. The van der Waals surface area contributed by atoms with E-state index in [9.17, 15) is 20.4 Å². The Morgan fingerprint density at radius 3 is 0.319 bits per heavy atom. The summed E-state index contributed by atoms with van der Waals surface area (Å²) in [6.45, 7) is 29.2. The van der Waals surface area contributed by atoms with E-state index in [1.807, 2.05) is 83.1 Å². The molecule has 69 heavy (non-hydrogen) atoms. The van der Waals surface area contributed by atoms with Crippen molar-refractivity contribution in [3.63, 3.8) is 0 Å². The van der Waals surface area contributed by atoms with E-state index in [4.69, 9.17) is 56.8 Å². The minimum absolute atomic E-state index is 0. The average Bonchev–Trinajstić information content (AvgIpc) is 3.31. The second-order valence-electron chi connectivity index (χ2n) is 16.4. The third-order valence-corrected chi connectivity index (χ3v) is 9.32. The molecule has 0 aromatic heterocycles. The number of unbranched alkanes of at least 4 members (excludes halogenated alkanes) is 12. The number of ether oxygens (including phenoxy) is 12. The van der Waals surface area contributed by atoms with Crippen LogP contribution in [0.1, 0.15) is 237 Å². The predicted molar refractivity (Wildman–Crippen MR) is 261 cm³/mol. The molecular formula is C52H108O16Zr. The van der Waals surface area contributed by atoms with Gasteiger partial charge in [-0.2, -0.15) is 0 Å². The van der Waals surface area contributed by atoms with Crippen molar-refractivity contribution in [1.29, 1.82) is 0 Å². The molecule has 0 aliphatic rings. The van der Waals surface area contributed by atoms with Crippen molar-refractivity contribution in [2.45, 2.75) is 262 Å². The summed E-state index contributed by atoms with van der Waals surface area (Å²) in [5.41, 5.74) is 0. The summed E-state index contributed by atoms with van der Waals surface area (Å²) in [4.78, 5) is 0. The van der Waals surface area contributed by atoms with Crippen LogP contribution in [0.3, 0.4) is 0 Å². The Kier molecular flexibility index (Phi) is 67.0. The first-order valence-corrected chi connectivity index (χ1v) is 27.2. The van der Waals surface area contributed by atoms with E-state index in [0.717, 1.165) is 154 Å². The van der Waals surface area contributed by atoms with Gasteiger partial charge in [-0.15, -0.1) is 0 Å². The Morgan fingerprint density at radius 1 is 0.188 bits per heavy atom. The van der Waals surface area contributed by atoms with Crippen molar-refractivity contribution in [2.75, 3.05) is 79.3 Å². The van der Waals surface area contributed by atoms with E-state index in [-0.39, 0.29) is 26.2 Å². The standard InChI is InChI=1S/4C13H27O4.Zr/c4*1-4-7-10-15-13(14,16-11-8-5-2)17-12-9-6-3;/h4*4-12H2,1-3H3;/q4*-1;+4. The molecule has 0 aromatic carbocycles. The molecule has 0 aliphatic heterocycles. The first kappa shape index (κ1) is 78.1. The maximum absolute atomic E-state index is 12.1. The van der Waals surface area contributed by atoms with Crippen molar-refractivity contribution < 1.29 is 103 Å². The van der Waals surface area contributed by atoms with E-state index in [2.05, 4.69) is 0 Å². The fraction of sp³-hybridized carbons (Fsp3) is 1.00. The van der Waals surface area contributed by atoms with Crippen molar-refractivity contribution in [3.8, 4) is 0 Å². The van der Waals surface area contributed by atoms with Crippen LogP contribution in [-0.2, 0) is 83.0 Å². The Labute approximate surface area is 442 Å². The smallest absolute Gasteiger partial charge is 0.782 e.